The van der Waals surface area contributed by atoms with Crippen molar-refractivity contribution in [2.45, 2.75) is 49.2 Å². The molecule has 0 amide bonds. The van der Waals surface area contributed by atoms with Crippen molar-refractivity contribution >= 4 is 28.5 Å². The monoisotopic (exact) mass is 466 g/mol. The highest BCUT2D eigenvalue weighted by Crippen LogP contribution is 2.39. The van der Waals surface area contributed by atoms with Crippen molar-refractivity contribution in [2.24, 2.45) is 0 Å². The van der Waals surface area contributed by atoms with E-state index in [1.807, 2.05) is 55.5 Å². The van der Waals surface area contributed by atoms with Gasteiger partial charge in [-0.1, -0.05) is 99.1 Å². The van der Waals surface area contributed by atoms with Crippen molar-refractivity contribution in [1.29, 1.82) is 0 Å². The third-order valence-electron chi connectivity index (χ3n) is 6.07. The molecule has 0 N–H and O–H groups in total. The molecule has 0 bridgehead atoms. The van der Waals surface area contributed by atoms with Crippen molar-refractivity contribution in [1.82, 2.24) is 0 Å². The first kappa shape index (κ1) is 22.9. The first-order valence-electron chi connectivity index (χ1n) is 10.9. The summed E-state index contributed by atoms with van der Waals surface area (Å²) < 4.78 is 38.5. The molecule has 2 atom stereocenters. The highest BCUT2D eigenvalue weighted by molar-refractivity contribution is 7.92. The van der Waals surface area contributed by atoms with Gasteiger partial charge in [0.05, 0.1) is 11.5 Å². The molecule has 32 heavy (non-hydrogen) atoms. The molecule has 6 heteroatoms. The Labute approximate surface area is 192 Å². The van der Waals surface area contributed by atoms with Crippen LogP contribution in [0.5, 0.6) is 0 Å². The fourth-order valence-corrected chi connectivity index (χ4v) is 10.5. The Morgan fingerprint density at radius 2 is 1.34 bits per heavy atom. The summed E-state index contributed by atoms with van der Waals surface area (Å²) in [4.78, 5) is 0.293. The maximum atomic E-state index is 13.0. The Bertz CT molecular complexity index is 1110. The molecule has 0 spiro atoms. The van der Waals surface area contributed by atoms with Crippen LogP contribution in [-0.2, 0) is 19.0 Å². The van der Waals surface area contributed by atoms with Crippen LogP contribution in [0.25, 0.3) is 0 Å². The van der Waals surface area contributed by atoms with Crippen LogP contribution in [0.15, 0.2) is 89.8 Å². The van der Waals surface area contributed by atoms with E-state index >= 15 is 0 Å². The van der Waals surface area contributed by atoms with E-state index in [1.165, 1.54) is 0 Å². The lowest BCUT2D eigenvalue weighted by Crippen LogP contribution is -2.66. The van der Waals surface area contributed by atoms with Crippen molar-refractivity contribution in [3.63, 3.8) is 0 Å². The average molecular weight is 467 g/mol. The van der Waals surface area contributed by atoms with Gasteiger partial charge in [0, 0.05) is 0 Å². The number of ether oxygens (including phenoxy) is 1. The largest absolute Gasteiger partial charge is 0.405 e. The first-order valence-corrected chi connectivity index (χ1v) is 14.3. The molecule has 0 aromatic heterocycles. The van der Waals surface area contributed by atoms with Crippen LogP contribution in [-0.4, -0.2) is 34.9 Å². The van der Waals surface area contributed by atoms with Gasteiger partial charge in [0.25, 0.3) is 8.32 Å². The summed E-state index contributed by atoms with van der Waals surface area (Å²) in [6, 6.07) is 27.6. The van der Waals surface area contributed by atoms with E-state index < -0.39 is 29.7 Å². The van der Waals surface area contributed by atoms with E-state index in [0.717, 1.165) is 15.9 Å². The number of rotatable bonds is 7. The van der Waals surface area contributed by atoms with E-state index in [2.05, 4.69) is 45.0 Å². The van der Waals surface area contributed by atoms with E-state index in [-0.39, 0.29) is 11.6 Å². The molecule has 3 aromatic carbocycles. The molecular formula is C26H30O4SSi. The minimum atomic E-state index is -3.55. The number of aryl methyl sites for hydroxylation is 1. The zero-order valence-corrected chi connectivity index (χ0v) is 20.8. The van der Waals surface area contributed by atoms with Crippen LogP contribution >= 0.6 is 0 Å². The van der Waals surface area contributed by atoms with Gasteiger partial charge >= 0.3 is 0 Å². The molecule has 0 unspecified atom stereocenters. The fourth-order valence-electron chi connectivity index (χ4n) is 4.35. The highest BCUT2D eigenvalue weighted by Gasteiger charge is 2.55. The van der Waals surface area contributed by atoms with Crippen LogP contribution in [0.4, 0.5) is 0 Å². The summed E-state index contributed by atoms with van der Waals surface area (Å²) in [7, 11) is -6.27. The fraction of sp³-hybridized carbons (Fsp3) is 0.308. The molecular weight excluding hydrogens is 436 g/mol. The zero-order chi connectivity index (χ0) is 23.0. The van der Waals surface area contributed by atoms with Crippen molar-refractivity contribution in [3.05, 3.63) is 90.5 Å². The maximum absolute atomic E-state index is 13.0. The lowest BCUT2D eigenvalue weighted by molar-refractivity contribution is 0.249. The van der Waals surface area contributed by atoms with Crippen LogP contribution in [0.3, 0.4) is 0 Å². The van der Waals surface area contributed by atoms with Crippen LogP contribution < -0.4 is 10.4 Å². The van der Waals surface area contributed by atoms with Crippen molar-refractivity contribution in [3.8, 4) is 0 Å². The van der Waals surface area contributed by atoms with E-state index in [0.29, 0.717) is 4.90 Å². The van der Waals surface area contributed by atoms with Gasteiger partial charge in [-0.15, -0.1) is 0 Å². The molecule has 0 radical (unpaired) electrons. The summed E-state index contributed by atoms with van der Waals surface area (Å²) in [6.07, 6.45) is -0.469. The van der Waals surface area contributed by atoms with Crippen LogP contribution in [0.1, 0.15) is 26.3 Å². The predicted octanol–water partition coefficient (Wildman–Crippen LogP) is 4.07. The van der Waals surface area contributed by atoms with Crippen LogP contribution in [0, 0.1) is 6.92 Å². The standard InChI is InChI=1S/C26H30O4SSi/c1-20-15-17-21(18-16-20)31(27,28)25-24(30-25)19-29-32(26(2,3)4,22-11-7-5-8-12-22)23-13-9-6-10-14-23/h5-18,24-25H,19H2,1-4H3/t24-,25-/m1/s1. The molecule has 0 saturated carbocycles. The molecule has 4 rings (SSSR count). The summed E-state index contributed by atoms with van der Waals surface area (Å²) in [5, 5.41) is 2.16. The highest BCUT2D eigenvalue weighted by atomic mass is 32.2. The van der Waals surface area contributed by atoms with Gasteiger partial charge in [-0.3, -0.25) is 0 Å². The first-order chi connectivity index (χ1) is 15.2. The number of hydrogen-bond acceptors (Lipinski definition) is 4. The van der Waals surface area contributed by atoms with Gasteiger partial charge in [0.2, 0.25) is 9.84 Å². The van der Waals surface area contributed by atoms with E-state index in [4.69, 9.17) is 9.16 Å². The quantitative estimate of drug-likeness (QED) is 0.389. The minimum absolute atomic E-state index is 0.171. The molecule has 1 heterocycles. The molecule has 1 fully saturated rings. The average Bonchev–Trinajstić information content (AvgIpc) is 3.56. The number of sulfone groups is 1. The van der Waals surface area contributed by atoms with Gasteiger partial charge in [-0.05, 0) is 34.5 Å². The Kier molecular flexibility index (Phi) is 6.16. The maximum Gasteiger partial charge on any atom is 0.261 e. The number of hydrogen-bond donors (Lipinski definition) is 0. The molecule has 1 aliphatic rings. The normalized spacial score (nSPS) is 19.0. The van der Waals surface area contributed by atoms with Gasteiger partial charge in [-0.25, -0.2) is 8.42 Å². The summed E-state index contributed by atoms with van der Waals surface area (Å²) in [6.45, 7) is 8.78. The van der Waals surface area contributed by atoms with Crippen LogP contribution in [0.2, 0.25) is 5.04 Å². The van der Waals surface area contributed by atoms with Crippen molar-refractivity contribution in [2.75, 3.05) is 6.61 Å². The second-order valence-corrected chi connectivity index (χ2v) is 15.7. The van der Waals surface area contributed by atoms with Gasteiger partial charge in [-0.2, -0.15) is 0 Å². The van der Waals surface area contributed by atoms with Gasteiger partial charge in [0.15, 0.2) is 5.44 Å². The predicted molar refractivity (Wildman–Crippen MR) is 131 cm³/mol. The molecule has 0 aliphatic carbocycles. The summed E-state index contributed by atoms with van der Waals surface area (Å²) in [5.41, 5.74) is 0.163. The smallest absolute Gasteiger partial charge is 0.261 e. The Morgan fingerprint density at radius 1 is 0.844 bits per heavy atom. The Balaban J connectivity index is 1.63. The molecule has 168 valence electrons. The minimum Gasteiger partial charge on any atom is -0.405 e. The second-order valence-electron chi connectivity index (χ2n) is 9.38. The van der Waals surface area contributed by atoms with Gasteiger partial charge < -0.3 is 9.16 Å². The number of epoxide rings is 1. The topological polar surface area (TPSA) is 55.9 Å². The van der Waals surface area contributed by atoms with Gasteiger partial charge in [0.1, 0.15) is 6.10 Å². The lowest BCUT2D eigenvalue weighted by Gasteiger charge is -2.43. The van der Waals surface area contributed by atoms with E-state index in [9.17, 15) is 8.42 Å². The SMILES string of the molecule is Cc1ccc(S(=O)(=O)[C@H]2O[C@@H]2CO[Si](c2ccccc2)(c2ccccc2)C(C)(C)C)cc1. The Morgan fingerprint density at radius 3 is 1.81 bits per heavy atom. The molecule has 4 nitrogen and oxygen atoms in total. The molecule has 3 aromatic rings. The molecule has 1 saturated heterocycles. The molecule has 1 aliphatic heterocycles. The Hall–Kier alpha value is -2.25. The lowest BCUT2D eigenvalue weighted by atomic mass is 10.2. The number of benzene rings is 3. The third-order valence-corrected chi connectivity index (χ3v) is 13.0. The summed E-state index contributed by atoms with van der Waals surface area (Å²) >= 11 is 0. The third kappa shape index (κ3) is 4.20. The van der Waals surface area contributed by atoms with E-state index in [1.54, 1.807) is 12.1 Å². The summed E-state index contributed by atoms with van der Waals surface area (Å²) in [5.74, 6) is 0. The second kappa shape index (κ2) is 8.59. The zero-order valence-electron chi connectivity index (χ0n) is 19.0. The van der Waals surface area contributed by atoms with Crippen molar-refractivity contribution < 1.29 is 17.6 Å².